The first-order chi connectivity index (χ1) is 8.09. The second-order valence-corrected chi connectivity index (χ2v) is 3.90. The number of β-amino-alcohol motifs (C(OH)–C–C–N with tert-alkyl or cyclic N) is 1. The molecule has 0 spiro atoms. The van der Waals surface area contributed by atoms with Crippen molar-refractivity contribution in [3.8, 4) is 0 Å². The second-order valence-electron chi connectivity index (χ2n) is 3.90. The number of likely N-dealkylation sites (tertiary alicyclic amines) is 1. The van der Waals surface area contributed by atoms with Crippen LogP contribution in [0, 0.1) is 0 Å². The highest BCUT2D eigenvalue weighted by Gasteiger charge is 2.28. The highest BCUT2D eigenvalue weighted by atomic mass is 16.4. The first kappa shape index (κ1) is 11.5. The number of carbonyl (C=O) groups excluding carboxylic acids is 1. The molecule has 1 aromatic heterocycles. The zero-order valence-electron chi connectivity index (χ0n) is 9.04. The number of carbonyl (C=O) groups is 2. The molecule has 2 N–H and O–H groups in total. The largest absolute Gasteiger partial charge is 0.478 e. The van der Waals surface area contributed by atoms with E-state index in [1.807, 2.05) is 0 Å². The van der Waals surface area contributed by atoms with Crippen LogP contribution in [0.25, 0.3) is 0 Å². The van der Waals surface area contributed by atoms with Gasteiger partial charge in [-0.2, -0.15) is 0 Å². The Balaban J connectivity index is 2.28. The number of hydrogen-bond donors (Lipinski definition) is 2. The number of carboxylic acid groups (broad SMARTS) is 1. The maximum absolute atomic E-state index is 12.0. The van der Waals surface area contributed by atoms with E-state index in [0.717, 1.165) is 0 Å². The monoisotopic (exact) mass is 236 g/mol. The Hall–Kier alpha value is -1.95. The molecule has 1 aliphatic heterocycles. The van der Waals surface area contributed by atoms with Crippen LogP contribution in [0.2, 0.25) is 0 Å². The quantitative estimate of drug-likeness (QED) is 0.753. The van der Waals surface area contributed by atoms with E-state index in [4.69, 9.17) is 5.11 Å². The molecule has 2 rings (SSSR count). The zero-order valence-corrected chi connectivity index (χ0v) is 9.04. The number of pyridine rings is 1. The number of hydrogen-bond acceptors (Lipinski definition) is 4. The fraction of sp³-hybridized carbons (Fsp3) is 0.364. The SMILES string of the molecule is O=C(O)c1cccnc1C(=O)N1CC[C@@H](O)C1. The molecule has 0 aromatic carbocycles. The summed E-state index contributed by atoms with van der Waals surface area (Å²) in [6.07, 6.45) is 1.36. The average Bonchev–Trinajstić information content (AvgIpc) is 2.75. The van der Waals surface area contributed by atoms with Gasteiger partial charge in [0.1, 0.15) is 5.69 Å². The third kappa shape index (κ3) is 2.26. The van der Waals surface area contributed by atoms with Crippen LogP contribution in [0.5, 0.6) is 0 Å². The van der Waals surface area contributed by atoms with E-state index in [9.17, 15) is 14.7 Å². The number of aromatic carboxylic acids is 1. The minimum Gasteiger partial charge on any atom is -0.478 e. The second kappa shape index (κ2) is 4.50. The van der Waals surface area contributed by atoms with Gasteiger partial charge in [0.2, 0.25) is 0 Å². The lowest BCUT2D eigenvalue weighted by Gasteiger charge is -2.15. The van der Waals surface area contributed by atoms with Crippen molar-refractivity contribution in [1.29, 1.82) is 0 Å². The number of rotatable bonds is 2. The molecule has 2 heterocycles. The highest BCUT2D eigenvalue weighted by molar-refractivity contribution is 6.03. The van der Waals surface area contributed by atoms with Crippen molar-refractivity contribution < 1.29 is 19.8 Å². The number of aromatic nitrogens is 1. The maximum atomic E-state index is 12.0. The fourth-order valence-corrected chi connectivity index (χ4v) is 1.82. The van der Waals surface area contributed by atoms with E-state index in [2.05, 4.69) is 4.98 Å². The first-order valence-electron chi connectivity index (χ1n) is 5.25. The summed E-state index contributed by atoms with van der Waals surface area (Å²) >= 11 is 0. The Bertz CT molecular complexity index is 461. The molecule has 0 bridgehead atoms. The molecule has 1 fully saturated rings. The fourth-order valence-electron chi connectivity index (χ4n) is 1.82. The molecule has 0 unspecified atom stereocenters. The van der Waals surface area contributed by atoms with Crippen molar-refractivity contribution in [3.63, 3.8) is 0 Å². The molecule has 1 aliphatic rings. The van der Waals surface area contributed by atoms with Crippen molar-refractivity contribution in [2.45, 2.75) is 12.5 Å². The van der Waals surface area contributed by atoms with Gasteiger partial charge in [-0.3, -0.25) is 9.78 Å². The Morgan fingerprint density at radius 2 is 2.24 bits per heavy atom. The zero-order chi connectivity index (χ0) is 12.4. The van der Waals surface area contributed by atoms with Gasteiger partial charge in [-0.1, -0.05) is 0 Å². The lowest BCUT2D eigenvalue weighted by molar-refractivity contribution is 0.0675. The Morgan fingerprint density at radius 1 is 1.47 bits per heavy atom. The molecule has 90 valence electrons. The minimum atomic E-state index is -1.18. The Labute approximate surface area is 97.5 Å². The van der Waals surface area contributed by atoms with Crippen LogP contribution in [0.3, 0.4) is 0 Å². The lowest BCUT2D eigenvalue weighted by atomic mass is 10.2. The number of amides is 1. The molecule has 6 nitrogen and oxygen atoms in total. The van der Waals surface area contributed by atoms with Gasteiger partial charge in [0.05, 0.1) is 11.7 Å². The normalized spacial score (nSPS) is 19.4. The number of aliphatic hydroxyl groups excluding tert-OH is 1. The number of carboxylic acids is 1. The summed E-state index contributed by atoms with van der Waals surface area (Å²) in [4.78, 5) is 28.2. The average molecular weight is 236 g/mol. The molecule has 1 amide bonds. The minimum absolute atomic E-state index is 0.0749. The lowest BCUT2D eigenvalue weighted by Crippen LogP contribution is -2.31. The van der Waals surface area contributed by atoms with Crippen molar-refractivity contribution in [1.82, 2.24) is 9.88 Å². The van der Waals surface area contributed by atoms with Gasteiger partial charge in [0, 0.05) is 19.3 Å². The standard InChI is InChI=1S/C11H12N2O4/c14-7-3-5-13(6-7)10(15)9-8(11(16)17)2-1-4-12-9/h1-2,4,7,14H,3,5-6H2,(H,16,17)/t7-/m1/s1. The van der Waals surface area contributed by atoms with E-state index in [0.29, 0.717) is 13.0 Å². The van der Waals surface area contributed by atoms with Crippen molar-refractivity contribution in [2.24, 2.45) is 0 Å². The van der Waals surface area contributed by atoms with Crippen molar-refractivity contribution in [3.05, 3.63) is 29.6 Å². The van der Waals surface area contributed by atoms with Crippen LogP contribution in [-0.2, 0) is 0 Å². The Kier molecular flexibility index (Phi) is 3.06. The van der Waals surface area contributed by atoms with Gasteiger partial charge in [-0.15, -0.1) is 0 Å². The molecular weight excluding hydrogens is 224 g/mol. The van der Waals surface area contributed by atoms with Gasteiger partial charge >= 0.3 is 5.97 Å². The van der Waals surface area contributed by atoms with E-state index in [1.165, 1.54) is 23.2 Å². The molecule has 0 radical (unpaired) electrons. The topological polar surface area (TPSA) is 90.7 Å². The summed E-state index contributed by atoms with van der Waals surface area (Å²) in [5.74, 6) is -1.62. The van der Waals surface area contributed by atoms with Crippen LogP contribution < -0.4 is 0 Å². The number of nitrogens with zero attached hydrogens (tertiary/aromatic N) is 2. The number of aliphatic hydroxyl groups is 1. The molecular formula is C11H12N2O4. The van der Waals surface area contributed by atoms with Crippen LogP contribution in [0.4, 0.5) is 0 Å². The summed E-state index contributed by atoms with van der Waals surface area (Å²) in [5.41, 5.74) is -0.187. The van der Waals surface area contributed by atoms with Gasteiger partial charge in [0.15, 0.2) is 0 Å². The molecule has 6 heteroatoms. The smallest absolute Gasteiger partial charge is 0.338 e. The molecule has 0 aliphatic carbocycles. The van der Waals surface area contributed by atoms with Gasteiger partial charge in [-0.25, -0.2) is 4.79 Å². The van der Waals surface area contributed by atoms with Gasteiger partial charge < -0.3 is 15.1 Å². The predicted octanol–water partition coefficient (Wildman–Crippen LogP) is -0.0134. The van der Waals surface area contributed by atoms with E-state index in [1.54, 1.807) is 0 Å². The summed E-state index contributed by atoms with van der Waals surface area (Å²) in [7, 11) is 0. The van der Waals surface area contributed by atoms with Crippen molar-refractivity contribution >= 4 is 11.9 Å². The predicted molar refractivity (Wildman–Crippen MR) is 57.7 cm³/mol. The van der Waals surface area contributed by atoms with Crippen molar-refractivity contribution in [2.75, 3.05) is 13.1 Å². The summed E-state index contributed by atoms with van der Waals surface area (Å²) in [6, 6.07) is 2.81. The summed E-state index contributed by atoms with van der Waals surface area (Å²) < 4.78 is 0. The molecule has 1 saturated heterocycles. The van der Waals surface area contributed by atoms with E-state index < -0.39 is 18.0 Å². The van der Waals surface area contributed by atoms with E-state index in [-0.39, 0.29) is 17.8 Å². The third-order valence-electron chi connectivity index (χ3n) is 2.69. The highest BCUT2D eigenvalue weighted by Crippen LogP contribution is 2.14. The molecule has 1 aromatic rings. The summed E-state index contributed by atoms with van der Waals surface area (Å²) in [6.45, 7) is 0.657. The first-order valence-corrected chi connectivity index (χ1v) is 5.25. The van der Waals surface area contributed by atoms with E-state index >= 15 is 0 Å². The van der Waals surface area contributed by atoms with Crippen LogP contribution >= 0.6 is 0 Å². The van der Waals surface area contributed by atoms with Gasteiger partial charge in [-0.05, 0) is 18.6 Å². The molecule has 1 atom stereocenters. The van der Waals surface area contributed by atoms with Gasteiger partial charge in [0.25, 0.3) is 5.91 Å². The molecule has 17 heavy (non-hydrogen) atoms. The maximum Gasteiger partial charge on any atom is 0.338 e. The van der Waals surface area contributed by atoms with Crippen LogP contribution in [0.15, 0.2) is 18.3 Å². The summed E-state index contributed by atoms with van der Waals surface area (Å²) in [5, 5.41) is 18.3. The molecule has 0 saturated carbocycles. The van der Waals surface area contributed by atoms with Crippen LogP contribution in [-0.4, -0.2) is 51.2 Å². The Morgan fingerprint density at radius 3 is 2.82 bits per heavy atom. The third-order valence-corrected chi connectivity index (χ3v) is 2.69. The van der Waals surface area contributed by atoms with Crippen LogP contribution in [0.1, 0.15) is 27.3 Å².